The zero-order valence-corrected chi connectivity index (χ0v) is 10.2. The molecular formula is C12H24N2O. The predicted molar refractivity (Wildman–Crippen MR) is 62.4 cm³/mol. The van der Waals surface area contributed by atoms with Gasteiger partial charge in [0.15, 0.2) is 0 Å². The van der Waals surface area contributed by atoms with E-state index in [1.165, 1.54) is 6.42 Å². The van der Waals surface area contributed by atoms with E-state index in [2.05, 4.69) is 5.32 Å². The van der Waals surface area contributed by atoms with Crippen LogP contribution in [0.15, 0.2) is 0 Å². The molecule has 1 rings (SSSR count). The van der Waals surface area contributed by atoms with Gasteiger partial charge in [-0.15, -0.1) is 0 Å². The van der Waals surface area contributed by atoms with Crippen LogP contribution in [0.5, 0.6) is 0 Å². The van der Waals surface area contributed by atoms with Gasteiger partial charge in [0.05, 0.1) is 0 Å². The van der Waals surface area contributed by atoms with Crippen molar-refractivity contribution in [3.8, 4) is 0 Å². The minimum absolute atomic E-state index is 0.117. The molecule has 15 heavy (non-hydrogen) atoms. The van der Waals surface area contributed by atoms with Crippen LogP contribution in [-0.2, 0) is 4.79 Å². The maximum absolute atomic E-state index is 11.7. The highest BCUT2D eigenvalue weighted by molar-refractivity contribution is 5.76. The SMILES string of the molecule is CC(C)(C)NC(=O)CC1CCCC(N)C1. The van der Waals surface area contributed by atoms with Crippen LogP contribution in [0.25, 0.3) is 0 Å². The number of hydrogen-bond acceptors (Lipinski definition) is 2. The predicted octanol–water partition coefficient (Wildman–Crippen LogP) is 1.81. The third kappa shape index (κ3) is 5.17. The Kier molecular flexibility index (Phi) is 4.14. The van der Waals surface area contributed by atoms with E-state index in [4.69, 9.17) is 5.73 Å². The molecule has 2 unspecified atom stereocenters. The van der Waals surface area contributed by atoms with Crippen LogP contribution in [0.2, 0.25) is 0 Å². The zero-order valence-electron chi connectivity index (χ0n) is 10.2. The highest BCUT2D eigenvalue weighted by Crippen LogP contribution is 2.25. The summed E-state index contributed by atoms with van der Waals surface area (Å²) in [5.74, 6) is 0.665. The number of nitrogens with two attached hydrogens (primary N) is 1. The van der Waals surface area contributed by atoms with Gasteiger partial charge in [0.2, 0.25) is 5.91 Å². The minimum Gasteiger partial charge on any atom is -0.352 e. The summed E-state index contributed by atoms with van der Waals surface area (Å²) in [6, 6.07) is 0.311. The number of rotatable bonds is 2. The largest absolute Gasteiger partial charge is 0.352 e. The minimum atomic E-state index is -0.117. The van der Waals surface area contributed by atoms with E-state index in [9.17, 15) is 4.79 Å². The lowest BCUT2D eigenvalue weighted by atomic mass is 9.84. The quantitative estimate of drug-likeness (QED) is 0.733. The Bertz CT molecular complexity index is 220. The molecule has 1 saturated carbocycles. The third-order valence-corrected chi connectivity index (χ3v) is 2.81. The van der Waals surface area contributed by atoms with Crippen LogP contribution in [0.1, 0.15) is 52.9 Å². The Morgan fingerprint density at radius 3 is 2.60 bits per heavy atom. The zero-order chi connectivity index (χ0) is 11.5. The molecular weight excluding hydrogens is 188 g/mol. The summed E-state index contributed by atoms with van der Waals surface area (Å²) in [6.45, 7) is 6.03. The summed E-state index contributed by atoms with van der Waals surface area (Å²) >= 11 is 0. The Balaban J connectivity index is 2.31. The van der Waals surface area contributed by atoms with Gasteiger partial charge in [-0.05, 0) is 46.0 Å². The normalized spacial score (nSPS) is 27.5. The van der Waals surface area contributed by atoms with E-state index in [0.29, 0.717) is 18.4 Å². The topological polar surface area (TPSA) is 55.1 Å². The second-order valence-corrected chi connectivity index (χ2v) is 5.80. The molecule has 2 atom stereocenters. The van der Waals surface area contributed by atoms with E-state index in [0.717, 1.165) is 19.3 Å². The summed E-state index contributed by atoms with van der Waals surface area (Å²) in [5.41, 5.74) is 5.78. The number of carbonyl (C=O) groups is 1. The van der Waals surface area contributed by atoms with Crippen molar-refractivity contribution in [1.29, 1.82) is 0 Å². The van der Waals surface area contributed by atoms with Crippen LogP contribution in [0.3, 0.4) is 0 Å². The van der Waals surface area contributed by atoms with E-state index in [-0.39, 0.29) is 11.4 Å². The second-order valence-electron chi connectivity index (χ2n) is 5.80. The molecule has 0 aromatic heterocycles. The van der Waals surface area contributed by atoms with Crippen LogP contribution < -0.4 is 11.1 Å². The number of nitrogens with one attached hydrogen (secondary N) is 1. The first-order valence-electron chi connectivity index (χ1n) is 5.93. The van der Waals surface area contributed by atoms with Gasteiger partial charge >= 0.3 is 0 Å². The summed E-state index contributed by atoms with van der Waals surface area (Å²) < 4.78 is 0. The summed E-state index contributed by atoms with van der Waals surface area (Å²) in [7, 11) is 0. The highest BCUT2D eigenvalue weighted by Gasteiger charge is 2.23. The number of amides is 1. The molecule has 0 aromatic carbocycles. The molecule has 1 aliphatic rings. The third-order valence-electron chi connectivity index (χ3n) is 2.81. The van der Waals surface area contributed by atoms with Crippen LogP contribution in [0.4, 0.5) is 0 Å². The van der Waals surface area contributed by atoms with E-state index in [1.54, 1.807) is 0 Å². The Morgan fingerprint density at radius 1 is 1.40 bits per heavy atom. The van der Waals surface area contributed by atoms with Gasteiger partial charge < -0.3 is 11.1 Å². The first kappa shape index (κ1) is 12.5. The van der Waals surface area contributed by atoms with Gasteiger partial charge in [-0.1, -0.05) is 6.42 Å². The van der Waals surface area contributed by atoms with Gasteiger partial charge in [0.1, 0.15) is 0 Å². The van der Waals surface area contributed by atoms with Crippen molar-refractivity contribution in [3.63, 3.8) is 0 Å². The van der Waals surface area contributed by atoms with Crippen molar-refractivity contribution >= 4 is 5.91 Å². The monoisotopic (exact) mass is 212 g/mol. The first-order chi connectivity index (χ1) is 6.87. The van der Waals surface area contributed by atoms with Crippen molar-refractivity contribution in [3.05, 3.63) is 0 Å². The summed E-state index contributed by atoms with van der Waals surface area (Å²) in [4.78, 5) is 11.7. The average Bonchev–Trinajstić information content (AvgIpc) is 1.99. The number of hydrogen-bond donors (Lipinski definition) is 2. The van der Waals surface area contributed by atoms with Crippen molar-refractivity contribution in [2.24, 2.45) is 11.7 Å². The van der Waals surface area contributed by atoms with Crippen LogP contribution >= 0.6 is 0 Å². The molecule has 88 valence electrons. The lowest BCUT2D eigenvalue weighted by molar-refractivity contribution is -0.123. The molecule has 3 heteroatoms. The Morgan fingerprint density at radius 2 is 2.07 bits per heavy atom. The molecule has 1 aliphatic carbocycles. The van der Waals surface area contributed by atoms with Gasteiger partial charge in [-0.2, -0.15) is 0 Å². The van der Waals surface area contributed by atoms with Gasteiger partial charge in [0, 0.05) is 18.0 Å². The lowest BCUT2D eigenvalue weighted by Gasteiger charge is -2.27. The summed E-state index contributed by atoms with van der Waals surface area (Å²) in [5, 5.41) is 3.00. The molecule has 0 aromatic rings. The Labute approximate surface area is 92.8 Å². The molecule has 3 N–H and O–H groups in total. The van der Waals surface area contributed by atoms with Crippen molar-refractivity contribution in [1.82, 2.24) is 5.32 Å². The summed E-state index contributed by atoms with van der Waals surface area (Å²) in [6.07, 6.45) is 5.11. The molecule has 1 amide bonds. The Hall–Kier alpha value is -0.570. The fourth-order valence-electron chi connectivity index (χ4n) is 2.25. The van der Waals surface area contributed by atoms with E-state index < -0.39 is 0 Å². The fraction of sp³-hybridized carbons (Fsp3) is 0.917. The van der Waals surface area contributed by atoms with Crippen LogP contribution in [-0.4, -0.2) is 17.5 Å². The smallest absolute Gasteiger partial charge is 0.220 e. The molecule has 0 bridgehead atoms. The molecule has 3 nitrogen and oxygen atoms in total. The lowest BCUT2D eigenvalue weighted by Crippen LogP contribution is -2.42. The first-order valence-corrected chi connectivity index (χ1v) is 5.93. The molecule has 0 spiro atoms. The fourth-order valence-corrected chi connectivity index (χ4v) is 2.25. The maximum atomic E-state index is 11.7. The van der Waals surface area contributed by atoms with Gasteiger partial charge in [0.25, 0.3) is 0 Å². The molecule has 0 saturated heterocycles. The standard InChI is InChI=1S/C12H24N2O/c1-12(2,3)14-11(15)8-9-5-4-6-10(13)7-9/h9-10H,4-8,13H2,1-3H3,(H,14,15). The highest BCUT2D eigenvalue weighted by atomic mass is 16.1. The van der Waals surface area contributed by atoms with Crippen molar-refractivity contribution < 1.29 is 4.79 Å². The average molecular weight is 212 g/mol. The molecule has 0 aliphatic heterocycles. The van der Waals surface area contributed by atoms with E-state index in [1.807, 2.05) is 20.8 Å². The van der Waals surface area contributed by atoms with Gasteiger partial charge in [-0.25, -0.2) is 0 Å². The second kappa shape index (κ2) is 4.97. The maximum Gasteiger partial charge on any atom is 0.220 e. The number of carbonyl (C=O) groups excluding carboxylic acids is 1. The van der Waals surface area contributed by atoms with Crippen LogP contribution in [0, 0.1) is 5.92 Å². The van der Waals surface area contributed by atoms with Crippen molar-refractivity contribution in [2.75, 3.05) is 0 Å². The molecule has 1 fully saturated rings. The van der Waals surface area contributed by atoms with E-state index >= 15 is 0 Å². The van der Waals surface area contributed by atoms with Gasteiger partial charge in [-0.3, -0.25) is 4.79 Å². The molecule has 0 radical (unpaired) electrons. The van der Waals surface area contributed by atoms with Crippen molar-refractivity contribution in [2.45, 2.75) is 64.5 Å². The molecule has 0 heterocycles.